The molecule has 21 heavy (non-hydrogen) atoms. The van der Waals surface area contributed by atoms with Gasteiger partial charge in [0.1, 0.15) is 5.82 Å². The molecule has 104 valence electrons. The first-order chi connectivity index (χ1) is 10.2. The minimum Gasteiger partial charge on any atom is -0.207 e. The molecule has 0 amide bonds. The van der Waals surface area contributed by atoms with Crippen LogP contribution in [0.2, 0.25) is 0 Å². The van der Waals surface area contributed by atoms with Crippen LogP contribution in [0.1, 0.15) is 23.6 Å². The molecule has 0 unspecified atom stereocenters. The van der Waals surface area contributed by atoms with Gasteiger partial charge in [-0.1, -0.05) is 72.8 Å². The van der Waals surface area contributed by atoms with Crippen LogP contribution in [-0.2, 0) is 5.41 Å². The molecule has 0 aliphatic heterocycles. The molecule has 0 fully saturated rings. The second-order valence-corrected chi connectivity index (χ2v) is 5.36. The Morgan fingerprint density at radius 1 is 0.571 bits per heavy atom. The Bertz CT molecular complexity index is 660. The molecule has 3 rings (SSSR count). The monoisotopic (exact) mass is 276 g/mol. The fraction of sp³-hybridized carbons (Fsp3) is 0.100. The average molecular weight is 276 g/mol. The summed E-state index contributed by atoms with van der Waals surface area (Å²) in [7, 11) is 0. The highest BCUT2D eigenvalue weighted by molar-refractivity contribution is 5.49. The molecule has 3 aromatic carbocycles. The molecule has 0 aromatic heterocycles. The normalized spacial score (nSPS) is 11.3. The van der Waals surface area contributed by atoms with E-state index in [2.05, 4.69) is 31.2 Å². The summed E-state index contributed by atoms with van der Waals surface area (Å²) in [5.74, 6) is -0.206. The van der Waals surface area contributed by atoms with E-state index in [0.717, 1.165) is 5.56 Å². The molecule has 0 saturated carbocycles. The number of hydrogen-bond acceptors (Lipinski definition) is 0. The maximum Gasteiger partial charge on any atom is 0.123 e. The topological polar surface area (TPSA) is 0 Å². The molecular formula is C20H17F. The van der Waals surface area contributed by atoms with E-state index in [1.54, 1.807) is 0 Å². The average Bonchev–Trinajstić information content (AvgIpc) is 2.56. The van der Waals surface area contributed by atoms with Gasteiger partial charge in [0.25, 0.3) is 0 Å². The van der Waals surface area contributed by atoms with Crippen LogP contribution < -0.4 is 0 Å². The Kier molecular flexibility index (Phi) is 3.57. The van der Waals surface area contributed by atoms with E-state index in [1.165, 1.54) is 23.3 Å². The second kappa shape index (κ2) is 5.53. The standard InChI is InChI=1S/C20H17F/c1-20(16-8-4-2-5-9-16,17-10-6-3-7-11-17)18-12-14-19(21)15-13-18/h2-15H,1H3. The van der Waals surface area contributed by atoms with E-state index in [9.17, 15) is 4.39 Å². The maximum absolute atomic E-state index is 13.3. The van der Waals surface area contributed by atoms with Crippen molar-refractivity contribution >= 4 is 0 Å². The molecule has 0 heterocycles. The Labute approximate surface area is 124 Å². The smallest absolute Gasteiger partial charge is 0.123 e. The van der Waals surface area contributed by atoms with Crippen molar-refractivity contribution in [2.24, 2.45) is 0 Å². The molecule has 1 heteroatoms. The van der Waals surface area contributed by atoms with Crippen LogP contribution in [-0.4, -0.2) is 0 Å². The first-order valence-electron chi connectivity index (χ1n) is 7.08. The molecule has 0 bridgehead atoms. The predicted molar refractivity (Wildman–Crippen MR) is 84.8 cm³/mol. The fourth-order valence-corrected chi connectivity index (χ4v) is 2.83. The van der Waals surface area contributed by atoms with Gasteiger partial charge in [0, 0.05) is 5.41 Å². The zero-order chi connectivity index (χ0) is 14.7. The van der Waals surface area contributed by atoms with Gasteiger partial charge >= 0.3 is 0 Å². The minimum atomic E-state index is -0.295. The summed E-state index contributed by atoms with van der Waals surface area (Å²) in [5, 5.41) is 0. The van der Waals surface area contributed by atoms with Gasteiger partial charge in [0.05, 0.1) is 0 Å². The van der Waals surface area contributed by atoms with E-state index in [1.807, 2.05) is 48.5 Å². The van der Waals surface area contributed by atoms with Gasteiger partial charge < -0.3 is 0 Å². The molecule has 3 aromatic rings. The Balaban J connectivity index is 2.23. The third-order valence-electron chi connectivity index (χ3n) is 4.12. The van der Waals surface area contributed by atoms with Crippen molar-refractivity contribution in [2.45, 2.75) is 12.3 Å². The molecule has 0 aliphatic rings. The number of rotatable bonds is 3. The molecule has 0 aliphatic carbocycles. The van der Waals surface area contributed by atoms with Crippen molar-refractivity contribution in [3.8, 4) is 0 Å². The quantitative estimate of drug-likeness (QED) is 0.578. The van der Waals surface area contributed by atoms with Crippen LogP contribution in [0.4, 0.5) is 4.39 Å². The number of benzene rings is 3. The van der Waals surface area contributed by atoms with Crippen LogP contribution in [0.3, 0.4) is 0 Å². The number of hydrogen-bond donors (Lipinski definition) is 0. The van der Waals surface area contributed by atoms with E-state index >= 15 is 0 Å². The van der Waals surface area contributed by atoms with Crippen molar-refractivity contribution in [3.63, 3.8) is 0 Å². The zero-order valence-electron chi connectivity index (χ0n) is 12.0. The van der Waals surface area contributed by atoms with Crippen LogP contribution >= 0.6 is 0 Å². The molecule has 0 nitrogen and oxygen atoms in total. The molecular weight excluding hydrogens is 259 g/mol. The molecule has 0 saturated heterocycles. The Morgan fingerprint density at radius 3 is 1.38 bits per heavy atom. The molecule has 0 N–H and O–H groups in total. The highest BCUT2D eigenvalue weighted by atomic mass is 19.1. The van der Waals surface area contributed by atoms with E-state index in [0.29, 0.717) is 0 Å². The summed E-state index contributed by atoms with van der Waals surface area (Å²) in [5.41, 5.74) is 3.18. The van der Waals surface area contributed by atoms with Gasteiger partial charge in [-0.25, -0.2) is 4.39 Å². The van der Waals surface area contributed by atoms with E-state index < -0.39 is 0 Å². The first kappa shape index (κ1) is 13.6. The van der Waals surface area contributed by atoms with Gasteiger partial charge in [0.2, 0.25) is 0 Å². The molecule has 0 spiro atoms. The highest BCUT2D eigenvalue weighted by Gasteiger charge is 2.30. The largest absolute Gasteiger partial charge is 0.207 e. The predicted octanol–water partition coefficient (Wildman–Crippen LogP) is 5.18. The first-order valence-corrected chi connectivity index (χ1v) is 7.08. The SMILES string of the molecule is CC(c1ccccc1)(c1ccccc1)c1ccc(F)cc1. The highest BCUT2D eigenvalue weighted by Crippen LogP contribution is 2.38. The van der Waals surface area contributed by atoms with Crippen LogP contribution in [0.25, 0.3) is 0 Å². The van der Waals surface area contributed by atoms with Gasteiger partial charge in [0.15, 0.2) is 0 Å². The lowest BCUT2D eigenvalue weighted by molar-refractivity contribution is 0.622. The third kappa shape index (κ3) is 2.47. The summed E-state index contributed by atoms with van der Waals surface area (Å²) in [6.07, 6.45) is 0. The maximum atomic E-state index is 13.3. The number of halogens is 1. The van der Waals surface area contributed by atoms with Crippen LogP contribution in [0.15, 0.2) is 84.9 Å². The lowest BCUT2D eigenvalue weighted by Gasteiger charge is -2.31. The third-order valence-corrected chi connectivity index (χ3v) is 4.12. The van der Waals surface area contributed by atoms with Crippen molar-refractivity contribution in [1.82, 2.24) is 0 Å². The summed E-state index contributed by atoms with van der Waals surface area (Å²) >= 11 is 0. The molecule has 0 atom stereocenters. The van der Waals surface area contributed by atoms with E-state index in [4.69, 9.17) is 0 Å². The summed E-state index contributed by atoms with van der Waals surface area (Å²) in [6.45, 7) is 2.19. The summed E-state index contributed by atoms with van der Waals surface area (Å²) < 4.78 is 13.3. The zero-order valence-corrected chi connectivity index (χ0v) is 12.0. The van der Waals surface area contributed by atoms with Crippen molar-refractivity contribution in [2.75, 3.05) is 0 Å². The fourth-order valence-electron chi connectivity index (χ4n) is 2.83. The lowest BCUT2D eigenvalue weighted by atomic mass is 9.71. The van der Waals surface area contributed by atoms with Crippen molar-refractivity contribution in [3.05, 3.63) is 107 Å². The van der Waals surface area contributed by atoms with Crippen molar-refractivity contribution in [1.29, 1.82) is 0 Å². The van der Waals surface area contributed by atoms with Gasteiger partial charge in [-0.15, -0.1) is 0 Å². The van der Waals surface area contributed by atoms with Gasteiger partial charge in [-0.05, 0) is 35.7 Å². The Morgan fingerprint density at radius 2 is 0.952 bits per heavy atom. The molecule has 0 radical (unpaired) electrons. The Hall–Kier alpha value is -2.41. The van der Waals surface area contributed by atoms with Gasteiger partial charge in [-0.2, -0.15) is 0 Å². The van der Waals surface area contributed by atoms with Crippen molar-refractivity contribution < 1.29 is 4.39 Å². The minimum absolute atomic E-state index is 0.206. The van der Waals surface area contributed by atoms with E-state index in [-0.39, 0.29) is 11.2 Å². The second-order valence-electron chi connectivity index (χ2n) is 5.36. The lowest BCUT2D eigenvalue weighted by Crippen LogP contribution is -2.25. The van der Waals surface area contributed by atoms with Crippen LogP contribution in [0, 0.1) is 5.82 Å². The van der Waals surface area contributed by atoms with Crippen LogP contribution in [0.5, 0.6) is 0 Å². The summed E-state index contributed by atoms with van der Waals surface area (Å²) in [4.78, 5) is 0. The van der Waals surface area contributed by atoms with Gasteiger partial charge in [-0.3, -0.25) is 0 Å². The summed E-state index contributed by atoms with van der Waals surface area (Å²) in [6, 6.07) is 27.5.